The lowest BCUT2D eigenvalue weighted by Crippen LogP contribution is -2.04. The van der Waals surface area contributed by atoms with E-state index in [9.17, 15) is 0 Å². The molecule has 0 atom stereocenters. The summed E-state index contributed by atoms with van der Waals surface area (Å²) in [6.07, 6.45) is 1.25. The largest absolute Gasteiger partial charge is 0.341 e. The van der Waals surface area contributed by atoms with Gasteiger partial charge in [0.15, 0.2) is 0 Å². The van der Waals surface area contributed by atoms with Gasteiger partial charge in [0.25, 0.3) is 0 Å². The van der Waals surface area contributed by atoms with Crippen LogP contribution >= 0.6 is 33.2 Å². The summed E-state index contributed by atoms with van der Waals surface area (Å²) >= 11 is 16.2. The SMILES string of the molecule is CCC.CC[Si](Cl)(Cl)Cl. The van der Waals surface area contributed by atoms with Gasteiger partial charge in [0.2, 0.25) is 0 Å². The third-order valence-electron chi connectivity index (χ3n) is 0.401. The van der Waals surface area contributed by atoms with Crippen molar-refractivity contribution in [3.05, 3.63) is 0 Å². The lowest BCUT2D eigenvalue weighted by Gasteiger charge is -1.98. The second kappa shape index (κ2) is 7.20. The summed E-state index contributed by atoms with van der Waals surface area (Å²) in [5.74, 6) is 0. The summed E-state index contributed by atoms with van der Waals surface area (Å²) in [7, 11) is 0. The molecule has 0 nitrogen and oxygen atoms in total. The summed E-state index contributed by atoms with van der Waals surface area (Å²) in [4.78, 5) is 0. The van der Waals surface area contributed by atoms with Crippen molar-refractivity contribution in [1.82, 2.24) is 0 Å². The maximum absolute atomic E-state index is 5.39. The van der Waals surface area contributed by atoms with E-state index in [1.54, 1.807) is 0 Å². The molecule has 4 heteroatoms. The van der Waals surface area contributed by atoms with Gasteiger partial charge in [-0.25, -0.2) is 0 Å². The molecule has 0 aliphatic heterocycles. The van der Waals surface area contributed by atoms with Crippen LogP contribution in [-0.4, -0.2) is 6.00 Å². The molecular weight excluding hydrogens is 194 g/mol. The van der Waals surface area contributed by atoms with E-state index in [-0.39, 0.29) is 0 Å². The zero-order valence-corrected chi connectivity index (χ0v) is 9.32. The van der Waals surface area contributed by atoms with Crippen LogP contribution in [0.2, 0.25) is 6.04 Å². The quantitative estimate of drug-likeness (QED) is 0.449. The van der Waals surface area contributed by atoms with E-state index in [2.05, 4.69) is 13.8 Å². The molecule has 0 aliphatic carbocycles. The Hall–Kier alpha value is 1.09. The molecule has 0 aromatic heterocycles. The molecule has 0 heterocycles. The molecule has 0 unspecified atom stereocenters. The molecule has 0 bridgehead atoms. The van der Waals surface area contributed by atoms with Crippen molar-refractivity contribution in [3.8, 4) is 0 Å². The van der Waals surface area contributed by atoms with Crippen molar-refractivity contribution < 1.29 is 0 Å². The van der Waals surface area contributed by atoms with Gasteiger partial charge < -0.3 is 0 Å². The number of halogens is 3. The molecule has 0 amide bonds. The first-order chi connectivity index (χ1) is 3.97. The molecule has 58 valence electrons. The van der Waals surface area contributed by atoms with E-state index in [0.29, 0.717) is 6.04 Å². The third kappa shape index (κ3) is 27.3. The van der Waals surface area contributed by atoms with Gasteiger partial charge in [-0.1, -0.05) is 27.2 Å². The predicted molar refractivity (Wildman–Crippen MR) is 49.8 cm³/mol. The molecule has 0 saturated heterocycles. The monoisotopic (exact) mass is 206 g/mol. The summed E-state index contributed by atoms with van der Waals surface area (Å²) < 4.78 is 0. The zero-order valence-electron chi connectivity index (χ0n) is 6.05. The van der Waals surface area contributed by atoms with E-state index in [0.717, 1.165) is 0 Å². The lowest BCUT2D eigenvalue weighted by atomic mass is 10.6. The second-order valence-corrected chi connectivity index (χ2v) is 11.2. The van der Waals surface area contributed by atoms with Crippen LogP contribution in [0.25, 0.3) is 0 Å². The Labute approximate surface area is 72.6 Å². The van der Waals surface area contributed by atoms with Crippen molar-refractivity contribution in [2.75, 3.05) is 0 Å². The van der Waals surface area contributed by atoms with Gasteiger partial charge in [-0.2, -0.15) is 0 Å². The highest BCUT2D eigenvalue weighted by molar-refractivity contribution is 7.64. The molecule has 0 fully saturated rings. The van der Waals surface area contributed by atoms with E-state index in [1.807, 2.05) is 6.92 Å². The van der Waals surface area contributed by atoms with Crippen LogP contribution in [0, 0.1) is 0 Å². The average molecular weight is 208 g/mol. The minimum absolute atomic E-state index is 0.706. The van der Waals surface area contributed by atoms with Crippen molar-refractivity contribution >= 4 is 39.2 Å². The van der Waals surface area contributed by atoms with Crippen molar-refractivity contribution in [3.63, 3.8) is 0 Å². The Morgan fingerprint density at radius 3 is 1.11 bits per heavy atom. The highest BCUT2D eigenvalue weighted by Crippen LogP contribution is 2.23. The molecule has 0 N–H and O–H groups in total. The smallest absolute Gasteiger partial charge is 0.126 e. The van der Waals surface area contributed by atoms with E-state index < -0.39 is 6.00 Å². The Kier molecular flexibility index (Phi) is 10.2. The molecule has 0 saturated carbocycles. The van der Waals surface area contributed by atoms with Crippen LogP contribution in [0.1, 0.15) is 27.2 Å². The molecule has 0 spiro atoms. The second-order valence-electron chi connectivity index (χ2n) is 1.68. The molecular formula is C5H13Cl3Si. The van der Waals surface area contributed by atoms with Gasteiger partial charge in [-0.15, -0.1) is 33.2 Å². The standard InChI is InChI=1S/C3H8.C2H5Cl3Si/c1-3-2;1-2-6(3,4)5/h3H2,1-2H3;2H2,1H3. The Morgan fingerprint density at radius 1 is 1.00 bits per heavy atom. The summed E-state index contributed by atoms with van der Waals surface area (Å²) in [5.41, 5.74) is 0. The van der Waals surface area contributed by atoms with Gasteiger partial charge in [0.1, 0.15) is 0 Å². The maximum Gasteiger partial charge on any atom is 0.341 e. The summed E-state index contributed by atoms with van der Waals surface area (Å²) in [5, 5.41) is 0. The van der Waals surface area contributed by atoms with Crippen LogP contribution in [0.4, 0.5) is 0 Å². The first-order valence-electron chi connectivity index (χ1n) is 3.04. The first kappa shape index (κ1) is 12.7. The number of hydrogen-bond donors (Lipinski definition) is 0. The van der Waals surface area contributed by atoms with Crippen LogP contribution in [0.3, 0.4) is 0 Å². The van der Waals surface area contributed by atoms with Crippen molar-refractivity contribution in [2.45, 2.75) is 33.2 Å². The van der Waals surface area contributed by atoms with Gasteiger partial charge in [-0.05, 0) is 6.04 Å². The van der Waals surface area contributed by atoms with Gasteiger partial charge in [0.05, 0.1) is 0 Å². The normalized spacial score (nSPS) is 10.0. The molecule has 0 radical (unpaired) electrons. The third-order valence-corrected chi connectivity index (χ3v) is 3.61. The predicted octanol–water partition coefficient (Wildman–Crippen LogP) is 4.08. The first-order valence-corrected chi connectivity index (χ1v) is 8.28. The highest BCUT2D eigenvalue weighted by atomic mass is 35.8. The topological polar surface area (TPSA) is 0 Å². The van der Waals surface area contributed by atoms with E-state index in [4.69, 9.17) is 33.2 Å². The Balaban J connectivity index is 0. The van der Waals surface area contributed by atoms with Gasteiger partial charge in [-0.3, -0.25) is 0 Å². The molecule has 0 aliphatic rings. The van der Waals surface area contributed by atoms with Crippen LogP contribution in [0.5, 0.6) is 0 Å². The summed E-state index contributed by atoms with van der Waals surface area (Å²) in [6.45, 7) is 6.12. The minimum Gasteiger partial charge on any atom is -0.126 e. The van der Waals surface area contributed by atoms with Gasteiger partial charge >= 0.3 is 6.00 Å². The summed E-state index contributed by atoms with van der Waals surface area (Å²) in [6, 6.07) is -1.51. The Bertz CT molecular complexity index is 50.7. The van der Waals surface area contributed by atoms with Crippen LogP contribution in [-0.2, 0) is 0 Å². The van der Waals surface area contributed by atoms with E-state index >= 15 is 0 Å². The fourth-order valence-electron chi connectivity index (χ4n) is 0. The van der Waals surface area contributed by atoms with Crippen molar-refractivity contribution in [1.29, 1.82) is 0 Å². The fraction of sp³-hybridized carbons (Fsp3) is 1.00. The molecule has 9 heavy (non-hydrogen) atoms. The molecule has 0 aromatic rings. The van der Waals surface area contributed by atoms with Gasteiger partial charge in [0, 0.05) is 0 Å². The van der Waals surface area contributed by atoms with Crippen LogP contribution in [0.15, 0.2) is 0 Å². The Morgan fingerprint density at radius 2 is 1.11 bits per heavy atom. The number of rotatable bonds is 1. The average Bonchev–Trinajstić information content (AvgIpc) is 1.67. The minimum atomic E-state index is -2.21. The van der Waals surface area contributed by atoms with E-state index in [1.165, 1.54) is 6.42 Å². The molecule has 0 aromatic carbocycles. The fourth-order valence-corrected chi connectivity index (χ4v) is 0. The van der Waals surface area contributed by atoms with Crippen molar-refractivity contribution in [2.24, 2.45) is 0 Å². The highest BCUT2D eigenvalue weighted by Gasteiger charge is 2.20. The number of hydrogen-bond acceptors (Lipinski definition) is 0. The maximum atomic E-state index is 5.39. The zero-order chi connectivity index (χ0) is 7.91. The lowest BCUT2D eigenvalue weighted by molar-refractivity contribution is 1.09. The molecule has 0 rings (SSSR count). The van der Waals surface area contributed by atoms with Crippen LogP contribution < -0.4 is 0 Å².